The van der Waals surface area contributed by atoms with Gasteiger partial charge in [0.15, 0.2) is 5.69 Å². The first kappa shape index (κ1) is 20.1. The molecule has 0 radical (unpaired) electrons. The lowest BCUT2D eigenvalue weighted by Gasteiger charge is -2.07. The number of carbonyl (C=O) groups is 2. The zero-order chi connectivity index (χ0) is 20.8. The van der Waals surface area contributed by atoms with Crippen LogP contribution >= 0.6 is 0 Å². The minimum Gasteiger partial charge on any atom is -0.494 e. The molecule has 0 N–H and O–H groups in total. The summed E-state index contributed by atoms with van der Waals surface area (Å²) in [4.78, 5) is 25.2. The summed E-state index contributed by atoms with van der Waals surface area (Å²) in [5, 5.41) is 4.57. The summed E-state index contributed by atoms with van der Waals surface area (Å²) in [6, 6.07) is 16.2. The van der Waals surface area contributed by atoms with E-state index in [1.54, 1.807) is 30.3 Å². The second-order valence-electron chi connectivity index (χ2n) is 6.18. The van der Waals surface area contributed by atoms with Gasteiger partial charge in [-0.2, -0.15) is 5.10 Å². The number of para-hydroxylation sites is 1. The number of hydrogen-bond acceptors (Lipinski definition) is 6. The molecule has 7 heteroatoms. The van der Waals surface area contributed by atoms with Gasteiger partial charge in [-0.25, -0.2) is 14.3 Å². The molecule has 0 aliphatic carbocycles. The van der Waals surface area contributed by atoms with Gasteiger partial charge in [-0.05, 0) is 30.7 Å². The highest BCUT2D eigenvalue weighted by Crippen LogP contribution is 2.31. The summed E-state index contributed by atoms with van der Waals surface area (Å²) in [5.74, 6) is -0.720. The van der Waals surface area contributed by atoms with E-state index in [2.05, 4.69) is 5.10 Å². The van der Waals surface area contributed by atoms with Gasteiger partial charge in [-0.1, -0.05) is 37.3 Å². The van der Waals surface area contributed by atoms with Crippen molar-refractivity contribution in [3.8, 4) is 22.7 Å². The van der Waals surface area contributed by atoms with Crippen LogP contribution in [0, 0.1) is 0 Å². The average Bonchev–Trinajstić information content (AvgIpc) is 3.18. The molecule has 0 aliphatic rings. The maximum atomic E-state index is 12.6. The number of rotatable bonds is 7. The molecule has 0 unspecified atom stereocenters. The van der Waals surface area contributed by atoms with E-state index in [9.17, 15) is 9.59 Å². The third kappa shape index (κ3) is 4.13. The first-order chi connectivity index (χ1) is 14.1. The predicted molar refractivity (Wildman–Crippen MR) is 107 cm³/mol. The van der Waals surface area contributed by atoms with Crippen LogP contribution < -0.4 is 4.74 Å². The maximum Gasteiger partial charge on any atom is 0.357 e. The van der Waals surface area contributed by atoms with Crippen LogP contribution in [0.2, 0.25) is 0 Å². The molecule has 0 aliphatic heterocycles. The third-order valence-corrected chi connectivity index (χ3v) is 4.23. The number of carbonyl (C=O) groups excluding carboxylic acids is 2. The number of hydrogen-bond donors (Lipinski definition) is 0. The van der Waals surface area contributed by atoms with Gasteiger partial charge in [-0.15, -0.1) is 0 Å². The van der Waals surface area contributed by atoms with Crippen molar-refractivity contribution in [1.29, 1.82) is 0 Å². The summed E-state index contributed by atoms with van der Waals surface area (Å²) in [6.45, 7) is 2.59. The lowest BCUT2D eigenvalue weighted by atomic mass is 10.1. The topological polar surface area (TPSA) is 79.7 Å². The van der Waals surface area contributed by atoms with Crippen LogP contribution in [0.25, 0.3) is 16.9 Å². The molecule has 0 amide bonds. The van der Waals surface area contributed by atoms with E-state index >= 15 is 0 Å². The largest absolute Gasteiger partial charge is 0.494 e. The molecule has 2 aromatic carbocycles. The molecule has 3 rings (SSSR count). The number of esters is 2. The fourth-order valence-electron chi connectivity index (χ4n) is 2.91. The van der Waals surface area contributed by atoms with Gasteiger partial charge in [0.1, 0.15) is 17.0 Å². The highest BCUT2D eigenvalue weighted by Gasteiger charge is 2.31. The molecule has 0 fully saturated rings. The van der Waals surface area contributed by atoms with Crippen molar-refractivity contribution < 1.29 is 23.8 Å². The Morgan fingerprint density at radius 1 is 0.966 bits per heavy atom. The zero-order valence-electron chi connectivity index (χ0n) is 16.5. The Morgan fingerprint density at radius 3 is 2.34 bits per heavy atom. The predicted octanol–water partition coefficient (Wildman–Crippen LogP) is 3.90. The van der Waals surface area contributed by atoms with Crippen molar-refractivity contribution in [2.24, 2.45) is 0 Å². The molecule has 150 valence electrons. The Labute approximate surface area is 168 Å². The van der Waals surface area contributed by atoms with Crippen molar-refractivity contribution in [2.75, 3.05) is 20.8 Å². The van der Waals surface area contributed by atoms with E-state index in [1.807, 2.05) is 31.2 Å². The third-order valence-electron chi connectivity index (χ3n) is 4.23. The van der Waals surface area contributed by atoms with Crippen molar-refractivity contribution in [2.45, 2.75) is 13.3 Å². The molecule has 3 aromatic rings. The standard InChI is InChI=1S/C22H22N2O5/c1-4-13-29-17-12-8-9-15(14-17)19-18(21(25)27-2)20(22(26)28-3)24(23-19)16-10-6-5-7-11-16/h5-12,14H,4,13H2,1-3H3. The lowest BCUT2D eigenvalue weighted by molar-refractivity contribution is 0.0549. The first-order valence-electron chi connectivity index (χ1n) is 9.19. The first-order valence-corrected chi connectivity index (χ1v) is 9.19. The lowest BCUT2D eigenvalue weighted by Crippen LogP contribution is -2.15. The van der Waals surface area contributed by atoms with Crippen LogP contribution in [0.4, 0.5) is 0 Å². The highest BCUT2D eigenvalue weighted by molar-refractivity contribution is 6.06. The monoisotopic (exact) mass is 394 g/mol. The van der Waals surface area contributed by atoms with Crippen LogP contribution in [0.3, 0.4) is 0 Å². The molecular formula is C22H22N2O5. The number of aromatic nitrogens is 2. The minimum atomic E-state index is -0.689. The summed E-state index contributed by atoms with van der Waals surface area (Å²) in [7, 11) is 2.51. The van der Waals surface area contributed by atoms with Crippen LogP contribution in [-0.4, -0.2) is 42.5 Å². The van der Waals surface area contributed by atoms with Gasteiger partial charge in [0.25, 0.3) is 0 Å². The number of benzene rings is 2. The Hall–Kier alpha value is -3.61. The van der Waals surface area contributed by atoms with Gasteiger partial charge >= 0.3 is 11.9 Å². The number of ether oxygens (including phenoxy) is 3. The van der Waals surface area contributed by atoms with E-state index in [0.29, 0.717) is 29.3 Å². The Bertz CT molecular complexity index is 1010. The Kier molecular flexibility index (Phi) is 6.29. The van der Waals surface area contributed by atoms with Crippen LogP contribution in [0.1, 0.15) is 34.2 Å². The minimum absolute atomic E-state index is 0.000398. The second-order valence-corrected chi connectivity index (χ2v) is 6.18. The van der Waals surface area contributed by atoms with Gasteiger partial charge in [0.2, 0.25) is 0 Å². The summed E-state index contributed by atoms with van der Waals surface area (Å²) < 4.78 is 17.0. The molecule has 1 aromatic heterocycles. The normalized spacial score (nSPS) is 10.4. The maximum absolute atomic E-state index is 12.6. The van der Waals surface area contributed by atoms with Crippen molar-refractivity contribution in [3.05, 3.63) is 65.9 Å². The van der Waals surface area contributed by atoms with E-state index in [-0.39, 0.29) is 11.3 Å². The van der Waals surface area contributed by atoms with E-state index in [4.69, 9.17) is 14.2 Å². The van der Waals surface area contributed by atoms with E-state index in [1.165, 1.54) is 18.9 Å². The van der Waals surface area contributed by atoms with E-state index in [0.717, 1.165) is 6.42 Å². The van der Waals surface area contributed by atoms with Crippen molar-refractivity contribution in [1.82, 2.24) is 9.78 Å². The number of methoxy groups -OCH3 is 2. The average molecular weight is 394 g/mol. The SMILES string of the molecule is CCCOc1cccc(-c2nn(-c3ccccc3)c(C(=O)OC)c2C(=O)OC)c1. The fraction of sp³-hybridized carbons (Fsp3) is 0.227. The summed E-state index contributed by atoms with van der Waals surface area (Å²) in [6.07, 6.45) is 0.868. The van der Waals surface area contributed by atoms with Crippen LogP contribution in [0.5, 0.6) is 5.75 Å². The molecule has 7 nitrogen and oxygen atoms in total. The Balaban J connectivity index is 2.25. The second kappa shape index (κ2) is 9.05. The zero-order valence-corrected chi connectivity index (χ0v) is 16.5. The molecule has 0 bridgehead atoms. The van der Waals surface area contributed by atoms with Crippen molar-refractivity contribution >= 4 is 11.9 Å². The molecular weight excluding hydrogens is 372 g/mol. The molecule has 29 heavy (non-hydrogen) atoms. The molecule has 1 heterocycles. The Morgan fingerprint density at radius 2 is 1.69 bits per heavy atom. The molecule has 0 saturated heterocycles. The molecule has 0 atom stereocenters. The number of nitrogens with zero attached hydrogens (tertiary/aromatic N) is 2. The smallest absolute Gasteiger partial charge is 0.357 e. The highest BCUT2D eigenvalue weighted by atomic mass is 16.5. The van der Waals surface area contributed by atoms with Crippen LogP contribution in [-0.2, 0) is 9.47 Å². The van der Waals surface area contributed by atoms with E-state index < -0.39 is 11.9 Å². The van der Waals surface area contributed by atoms with Gasteiger partial charge in [0, 0.05) is 5.56 Å². The van der Waals surface area contributed by atoms with Crippen molar-refractivity contribution in [3.63, 3.8) is 0 Å². The molecule has 0 saturated carbocycles. The van der Waals surface area contributed by atoms with Gasteiger partial charge in [0.05, 0.1) is 26.5 Å². The molecule has 0 spiro atoms. The van der Waals surface area contributed by atoms with Gasteiger partial charge in [-0.3, -0.25) is 0 Å². The fourth-order valence-corrected chi connectivity index (χ4v) is 2.91. The quantitative estimate of drug-likeness (QED) is 0.566. The van der Waals surface area contributed by atoms with Gasteiger partial charge < -0.3 is 14.2 Å². The van der Waals surface area contributed by atoms with Crippen LogP contribution in [0.15, 0.2) is 54.6 Å². The summed E-state index contributed by atoms with van der Waals surface area (Å²) >= 11 is 0. The summed E-state index contributed by atoms with van der Waals surface area (Å²) in [5.41, 5.74) is 1.58.